The van der Waals surface area contributed by atoms with Gasteiger partial charge >= 0.3 is 12.1 Å². The molecule has 0 saturated carbocycles. The lowest BCUT2D eigenvalue weighted by Crippen LogP contribution is -2.57. The summed E-state index contributed by atoms with van der Waals surface area (Å²) in [4.78, 5) is 24.4. The SMILES string of the molecule is CCOC(=O)[C@@H](NN1C(=O)OC[C@@H]1Cc1ccccc1)C1OCCO1. The number of nitrogens with zero attached hydrogens (tertiary/aromatic N) is 1. The molecule has 0 unspecified atom stereocenters. The lowest BCUT2D eigenvalue weighted by molar-refractivity contribution is -0.161. The molecule has 8 nitrogen and oxygen atoms in total. The van der Waals surface area contributed by atoms with Gasteiger partial charge in [-0.2, -0.15) is 0 Å². The van der Waals surface area contributed by atoms with Crippen LogP contribution in [0.3, 0.4) is 0 Å². The van der Waals surface area contributed by atoms with Gasteiger partial charge in [-0.15, -0.1) is 0 Å². The number of hydrogen-bond acceptors (Lipinski definition) is 7. The third-order valence-electron chi connectivity index (χ3n) is 4.01. The first-order valence-corrected chi connectivity index (χ1v) is 8.35. The van der Waals surface area contributed by atoms with Crippen LogP contribution in [0.4, 0.5) is 4.79 Å². The number of hydrogen-bond donors (Lipinski definition) is 1. The Hall–Kier alpha value is -2.16. The van der Waals surface area contributed by atoms with Crippen molar-refractivity contribution < 1.29 is 28.5 Å². The van der Waals surface area contributed by atoms with E-state index in [-0.39, 0.29) is 19.3 Å². The lowest BCUT2D eigenvalue weighted by atomic mass is 10.1. The van der Waals surface area contributed by atoms with Crippen LogP contribution in [0, 0.1) is 0 Å². The maximum atomic E-state index is 12.3. The van der Waals surface area contributed by atoms with Crippen LogP contribution in [0.25, 0.3) is 0 Å². The van der Waals surface area contributed by atoms with Crippen LogP contribution in [0.1, 0.15) is 12.5 Å². The fourth-order valence-electron chi connectivity index (χ4n) is 2.83. The normalized spacial score (nSPS) is 22.0. The smallest absolute Gasteiger partial charge is 0.424 e. The number of ether oxygens (including phenoxy) is 4. The number of amides is 1. The molecular formula is C17H22N2O6. The first kappa shape index (κ1) is 17.7. The summed E-state index contributed by atoms with van der Waals surface area (Å²) < 4.78 is 21.1. The van der Waals surface area contributed by atoms with Gasteiger partial charge < -0.3 is 18.9 Å². The van der Waals surface area contributed by atoms with E-state index in [9.17, 15) is 9.59 Å². The van der Waals surface area contributed by atoms with Crippen LogP contribution < -0.4 is 5.43 Å². The molecule has 1 aromatic rings. The minimum atomic E-state index is -0.939. The zero-order chi connectivity index (χ0) is 17.6. The molecule has 0 spiro atoms. The second kappa shape index (κ2) is 8.28. The highest BCUT2D eigenvalue weighted by molar-refractivity contribution is 5.77. The highest BCUT2D eigenvalue weighted by Gasteiger charge is 2.41. The fourth-order valence-corrected chi connectivity index (χ4v) is 2.83. The Kier molecular flexibility index (Phi) is 5.85. The van der Waals surface area contributed by atoms with Crippen molar-refractivity contribution in [1.82, 2.24) is 10.4 Å². The summed E-state index contributed by atoms with van der Waals surface area (Å²) in [5, 5.41) is 1.33. The average molecular weight is 350 g/mol. The predicted octanol–water partition coefficient (Wildman–Crippen LogP) is 0.859. The predicted molar refractivity (Wildman–Crippen MR) is 86.4 cm³/mol. The zero-order valence-electron chi connectivity index (χ0n) is 14.1. The lowest BCUT2D eigenvalue weighted by Gasteiger charge is -2.29. The molecule has 2 aliphatic rings. The van der Waals surface area contributed by atoms with E-state index in [1.54, 1.807) is 6.92 Å². The topological polar surface area (TPSA) is 86.3 Å². The standard InChI is InChI=1S/C17H22N2O6/c1-2-22-15(20)14(16-23-8-9-24-16)18-19-13(11-25-17(19)21)10-12-6-4-3-5-7-12/h3-7,13-14,16,18H,2,8-11H2,1H3/t13-,14+/m0/s1. The molecule has 8 heteroatoms. The summed E-state index contributed by atoms with van der Waals surface area (Å²) in [6, 6.07) is 8.58. The summed E-state index contributed by atoms with van der Waals surface area (Å²) in [5.74, 6) is -0.535. The van der Waals surface area contributed by atoms with E-state index in [0.717, 1.165) is 5.56 Å². The molecule has 1 aromatic carbocycles. The molecular weight excluding hydrogens is 328 g/mol. The van der Waals surface area contributed by atoms with Gasteiger partial charge in [0, 0.05) is 0 Å². The van der Waals surface area contributed by atoms with Crippen molar-refractivity contribution in [3.8, 4) is 0 Å². The van der Waals surface area contributed by atoms with Gasteiger partial charge in [0.05, 0.1) is 25.9 Å². The maximum absolute atomic E-state index is 12.3. The number of rotatable bonds is 7. The third-order valence-corrected chi connectivity index (χ3v) is 4.01. The molecule has 2 fully saturated rings. The van der Waals surface area contributed by atoms with E-state index in [1.165, 1.54) is 5.01 Å². The van der Waals surface area contributed by atoms with Crippen LogP contribution >= 0.6 is 0 Å². The Morgan fingerprint density at radius 2 is 2.04 bits per heavy atom. The first-order chi connectivity index (χ1) is 12.2. The van der Waals surface area contributed by atoms with Crippen molar-refractivity contribution >= 4 is 12.1 Å². The van der Waals surface area contributed by atoms with E-state index in [0.29, 0.717) is 19.6 Å². The second-order valence-electron chi connectivity index (χ2n) is 5.76. The van der Waals surface area contributed by atoms with Crippen molar-refractivity contribution in [2.75, 3.05) is 26.4 Å². The van der Waals surface area contributed by atoms with E-state index < -0.39 is 24.4 Å². The summed E-state index contributed by atoms with van der Waals surface area (Å²) >= 11 is 0. The summed E-state index contributed by atoms with van der Waals surface area (Å²) in [7, 11) is 0. The number of esters is 1. The van der Waals surface area contributed by atoms with Gasteiger partial charge in [-0.1, -0.05) is 30.3 Å². The largest absolute Gasteiger partial charge is 0.465 e. The molecule has 3 rings (SSSR count). The van der Waals surface area contributed by atoms with Crippen molar-refractivity contribution in [3.63, 3.8) is 0 Å². The van der Waals surface area contributed by atoms with Crippen molar-refractivity contribution in [3.05, 3.63) is 35.9 Å². The number of hydrazine groups is 1. The van der Waals surface area contributed by atoms with Crippen molar-refractivity contribution in [1.29, 1.82) is 0 Å². The molecule has 0 aliphatic carbocycles. The average Bonchev–Trinajstić information content (AvgIpc) is 3.25. The Bertz CT molecular complexity index is 590. The van der Waals surface area contributed by atoms with Crippen molar-refractivity contribution in [2.45, 2.75) is 31.7 Å². The van der Waals surface area contributed by atoms with Crippen LogP contribution in [-0.2, 0) is 30.2 Å². The van der Waals surface area contributed by atoms with E-state index in [2.05, 4.69) is 5.43 Å². The number of cyclic esters (lactones) is 1. The number of benzene rings is 1. The molecule has 2 saturated heterocycles. The van der Waals surface area contributed by atoms with Gasteiger partial charge in [-0.25, -0.2) is 15.2 Å². The number of nitrogens with one attached hydrogen (secondary N) is 1. The Morgan fingerprint density at radius 1 is 1.32 bits per heavy atom. The zero-order valence-corrected chi connectivity index (χ0v) is 14.1. The molecule has 2 atom stereocenters. The summed E-state index contributed by atoms with van der Waals surface area (Å²) in [6.07, 6.45) is -0.736. The molecule has 1 N–H and O–H groups in total. The fraction of sp³-hybridized carbons (Fsp3) is 0.529. The number of carbonyl (C=O) groups excluding carboxylic acids is 2. The minimum absolute atomic E-state index is 0.224. The Balaban J connectivity index is 1.71. The molecule has 0 bridgehead atoms. The summed E-state index contributed by atoms with van der Waals surface area (Å²) in [5.41, 5.74) is 3.97. The minimum Gasteiger partial charge on any atom is -0.465 e. The van der Waals surface area contributed by atoms with Crippen LogP contribution in [0.15, 0.2) is 30.3 Å². The van der Waals surface area contributed by atoms with Gasteiger partial charge in [0.2, 0.25) is 0 Å². The van der Waals surface area contributed by atoms with Gasteiger partial charge in [-0.3, -0.25) is 4.79 Å². The monoisotopic (exact) mass is 350 g/mol. The van der Waals surface area contributed by atoms with Crippen LogP contribution in [0.5, 0.6) is 0 Å². The van der Waals surface area contributed by atoms with Gasteiger partial charge in [-0.05, 0) is 18.9 Å². The van der Waals surface area contributed by atoms with Gasteiger partial charge in [0.15, 0.2) is 12.3 Å². The molecule has 1 amide bonds. The van der Waals surface area contributed by atoms with Gasteiger partial charge in [0.1, 0.15) is 6.61 Å². The second-order valence-corrected chi connectivity index (χ2v) is 5.76. The van der Waals surface area contributed by atoms with Crippen LogP contribution in [0.2, 0.25) is 0 Å². The van der Waals surface area contributed by atoms with E-state index in [1.807, 2.05) is 30.3 Å². The Morgan fingerprint density at radius 3 is 2.72 bits per heavy atom. The Labute approximate surface area is 145 Å². The van der Waals surface area contributed by atoms with Crippen LogP contribution in [-0.4, -0.2) is 61.9 Å². The summed E-state index contributed by atoms with van der Waals surface area (Å²) in [6.45, 7) is 2.96. The molecule has 136 valence electrons. The molecule has 2 heterocycles. The van der Waals surface area contributed by atoms with E-state index in [4.69, 9.17) is 18.9 Å². The van der Waals surface area contributed by atoms with Gasteiger partial charge in [0.25, 0.3) is 0 Å². The third kappa shape index (κ3) is 4.28. The molecule has 0 aromatic heterocycles. The number of carbonyl (C=O) groups is 2. The molecule has 25 heavy (non-hydrogen) atoms. The van der Waals surface area contributed by atoms with E-state index >= 15 is 0 Å². The molecule has 0 radical (unpaired) electrons. The first-order valence-electron chi connectivity index (χ1n) is 8.35. The maximum Gasteiger partial charge on any atom is 0.424 e. The highest BCUT2D eigenvalue weighted by atomic mass is 16.7. The highest BCUT2D eigenvalue weighted by Crippen LogP contribution is 2.18. The molecule has 2 aliphatic heterocycles. The van der Waals surface area contributed by atoms with Crippen molar-refractivity contribution in [2.24, 2.45) is 0 Å². The quantitative estimate of drug-likeness (QED) is 0.730.